The number of aromatic nitrogens is 2. The van der Waals surface area contributed by atoms with Crippen LogP contribution in [0, 0.1) is 5.92 Å². The standard InChI is InChI=1S/C12H20N4O.2ClH/c1-9(8-16-7-3-6-14-16)15-12(17)10-4-2-5-11(10)13;;/h3,6-7,9-11H,2,4-5,8,13H2,1H3,(H,15,17);2*1H. The molecule has 0 saturated heterocycles. The number of nitrogens with two attached hydrogens (primary N) is 1. The van der Waals surface area contributed by atoms with Gasteiger partial charge in [-0.1, -0.05) is 6.42 Å². The van der Waals surface area contributed by atoms with E-state index in [-0.39, 0.29) is 48.7 Å². The zero-order valence-corrected chi connectivity index (χ0v) is 12.6. The topological polar surface area (TPSA) is 72.9 Å². The number of hydrogen-bond donors (Lipinski definition) is 2. The van der Waals surface area contributed by atoms with Crippen LogP contribution in [0.2, 0.25) is 0 Å². The summed E-state index contributed by atoms with van der Waals surface area (Å²) in [5, 5.41) is 7.13. The first kappa shape index (κ1) is 18.2. The van der Waals surface area contributed by atoms with E-state index < -0.39 is 0 Å². The molecule has 19 heavy (non-hydrogen) atoms. The summed E-state index contributed by atoms with van der Waals surface area (Å²) in [6.07, 6.45) is 6.57. The molecular weight excluding hydrogens is 287 g/mol. The Morgan fingerprint density at radius 1 is 1.53 bits per heavy atom. The molecule has 3 atom stereocenters. The molecule has 1 aliphatic carbocycles. The fourth-order valence-electron chi connectivity index (χ4n) is 2.40. The highest BCUT2D eigenvalue weighted by atomic mass is 35.5. The van der Waals surface area contributed by atoms with Gasteiger partial charge in [-0.15, -0.1) is 24.8 Å². The van der Waals surface area contributed by atoms with Crippen molar-refractivity contribution in [1.82, 2.24) is 15.1 Å². The van der Waals surface area contributed by atoms with E-state index in [1.165, 1.54) is 0 Å². The van der Waals surface area contributed by atoms with Gasteiger partial charge in [-0.3, -0.25) is 9.48 Å². The van der Waals surface area contributed by atoms with E-state index in [9.17, 15) is 4.79 Å². The summed E-state index contributed by atoms with van der Waals surface area (Å²) in [5.74, 6) is 0.0877. The highest BCUT2D eigenvalue weighted by Gasteiger charge is 2.30. The third kappa shape index (κ3) is 5.01. The Morgan fingerprint density at radius 3 is 2.79 bits per heavy atom. The minimum atomic E-state index is -0.00456. The van der Waals surface area contributed by atoms with Crippen molar-refractivity contribution in [3.05, 3.63) is 18.5 Å². The molecular formula is C12H22Cl2N4O. The number of nitrogens with one attached hydrogen (secondary N) is 1. The average molecular weight is 309 g/mol. The Hall–Kier alpha value is -0.780. The van der Waals surface area contributed by atoms with Crippen molar-refractivity contribution >= 4 is 30.7 Å². The Balaban J connectivity index is 0.00000162. The molecule has 0 aliphatic heterocycles. The highest BCUT2D eigenvalue weighted by molar-refractivity contribution is 5.85. The molecule has 1 aromatic rings. The van der Waals surface area contributed by atoms with Crippen molar-refractivity contribution in [3.63, 3.8) is 0 Å². The summed E-state index contributed by atoms with van der Waals surface area (Å²) in [4.78, 5) is 12.0. The third-order valence-electron chi connectivity index (χ3n) is 3.31. The molecule has 3 N–H and O–H groups in total. The number of halogens is 2. The molecule has 2 rings (SSSR count). The van der Waals surface area contributed by atoms with Gasteiger partial charge in [0, 0.05) is 24.5 Å². The lowest BCUT2D eigenvalue weighted by Crippen LogP contribution is -2.43. The number of amides is 1. The summed E-state index contributed by atoms with van der Waals surface area (Å²) < 4.78 is 1.82. The largest absolute Gasteiger partial charge is 0.351 e. The highest BCUT2D eigenvalue weighted by Crippen LogP contribution is 2.24. The van der Waals surface area contributed by atoms with E-state index in [2.05, 4.69) is 10.4 Å². The first-order valence-electron chi connectivity index (χ1n) is 6.20. The Morgan fingerprint density at radius 2 is 2.26 bits per heavy atom. The second kappa shape index (κ2) is 8.40. The molecule has 1 fully saturated rings. The smallest absolute Gasteiger partial charge is 0.224 e. The Kier molecular flexibility index (Phi) is 8.06. The first-order valence-corrected chi connectivity index (χ1v) is 6.20. The molecule has 0 bridgehead atoms. The molecule has 1 amide bonds. The molecule has 1 heterocycles. The summed E-state index contributed by atoms with van der Waals surface area (Å²) in [7, 11) is 0. The number of carbonyl (C=O) groups excluding carboxylic acids is 1. The number of nitrogens with zero attached hydrogens (tertiary/aromatic N) is 2. The maximum atomic E-state index is 12.0. The van der Waals surface area contributed by atoms with Gasteiger partial charge in [0.05, 0.1) is 12.5 Å². The maximum absolute atomic E-state index is 12.0. The van der Waals surface area contributed by atoms with E-state index in [1.54, 1.807) is 6.20 Å². The predicted octanol–water partition coefficient (Wildman–Crippen LogP) is 1.36. The van der Waals surface area contributed by atoms with Crippen LogP contribution in [0.25, 0.3) is 0 Å². The Labute approximate surface area is 126 Å². The van der Waals surface area contributed by atoms with Crippen molar-refractivity contribution in [2.24, 2.45) is 11.7 Å². The quantitative estimate of drug-likeness (QED) is 0.882. The van der Waals surface area contributed by atoms with E-state index >= 15 is 0 Å². The maximum Gasteiger partial charge on any atom is 0.224 e. The number of hydrogen-bond acceptors (Lipinski definition) is 3. The normalized spacial score (nSPS) is 23.1. The van der Waals surface area contributed by atoms with E-state index in [4.69, 9.17) is 5.73 Å². The zero-order chi connectivity index (χ0) is 12.3. The number of carbonyl (C=O) groups is 1. The molecule has 1 aliphatic rings. The van der Waals surface area contributed by atoms with Gasteiger partial charge in [0.25, 0.3) is 0 Å². The fraction of sp³-hybridized carbons (Fsp3) is 0.667. The molecule has 0 spiro atoms. The van der Waals surface area contributed by atoms with Gasteiger partial charge in [0.2, 0.25) is 5.91 Å². The van der Waals surface area contributed by atoms with Gasteiger partial charge >= 0.3 is 0 Å². The second-order valence-corrected chi connectivity index (χ2v) is 4.84. The molecule has 7 heteroatoms. The van der Waals surface area contributed by atoms with Crippen LogP contribution in [0.1, 0.15) is 26.2 Å². The van der Waals surface area contributed by atoms with Crippen molar-refractivity contribution < 1.29 is 4.79 Å². The van der Waals surface area contributed by atoms with Crippen LogP contribution in [0.15, 0.2) is 18.5 Å². The van der Waals surface area contributed by atoms with Gasteiger partial charge in [-0.05, 0) is 25.8 Å². The van der Waals surface area contributed by atoms with Crippen LogP contribution in [0.3, 0.4) is 0 Å². The molecule has 110 valence electrons. The summed E-state index contributed by atoms with van der Waals surface area (Å²) in [5.41, 5.74) is 5.91. The van der Waals surface area contributed by atoms with Crippen LogP contribution in [-0.2, 0) is 11.3 Å². The number of rotatable bonds is 4. The van der Waals surface area contributed by atoms with E-state index in [0.717, 1.165) is 19.3 Å². The molecule has 5 nitrogen and oxygen atoms in total. The monoisotopic (exact) mass is 308 g/mol. The van der Waals surface area contributed by atoms with Crippen LogP contribution in [0.5, 0.6) is 0 Å². The molecule has 3 unspecified atom stereocenters. The molecule has 0 radical (unpaired) electrons. The molecule has 1 aromatic heterocycles. The Bertz CT molecular complexity index is 372. The van der Waals surface area contributed by atoms with Gasteiger partial charge in [0.1, 0.15) is 0 Å². The van der Waals surface area contributed by atoms with Crippen molar-refractivity contribution in [3.8, 4) is 0 Å². The lowest BCUT2D eigenvalue weighted by Gasteiger charge is -2.19. The third-order valence-corrected chi connectivity index (χ3v) is 3.31. The lowest BCUT2D eigenvalue weighted by molar-refractivity contribution is -0.125. The minimum Gasteiger partial charge on any atom is -0.351 e. The van der Waals surface area contributed by atoms with Crippen LogP contribution >= 0.6 is 24.8 Å². The summed E-state index contributed by atoms with van der Waals surface area (Å²) in [6, 6.07) is 1.99. The fourth-order valence-corrected chi connectivity index (χ4v) is 2.40. The van der Waals surface area contributed by atoms with E-state index in [1.807, 2.05) is 23.9 Å². The van der Waals surface area contributed by atoms with Gasteiger partial charge < -0.3 is 11.1 Å². The first-order chi connectivity index (χ1) is 8.16. The predicted molar refractivity (Wildman–Crippen MR) is 79.6 cm³/mol. The second-order valence-electron chi connectivity index (χ2n) is 4.84. The van der Waals surface area contributed by atoms with Crippen molar-refractivity contribution in [2.75, 3.05) is 0 Å². The van der Waals surface area contributed by atoms with Gasteiger partial charge in [-0.2, -0.15) is 5.10 Å². The zero-order valence-electron chi connectivity index (χ0n) is 11.0. The minimum absolute atomic E-state index is 0. The lowest BCUT2D eigenvalue weighted by atomic mass is 10.0. The molecule has 1 saturated carbocycles. The average Bonchev–Trinajstić information content (AvgIpc) is 2.88. The van der Waals surface area contributed by atoms with E-state index in [0.29, 0.717) is 6.54 Å². The van der Waals surface area contributed by atoms with Crippen molar-refractivity contribution in [1.29, 1.82) is 0 Å². The van der Waals surface area contributed by atoms with Crippen LogP contribution in [0.4, 0.5) is 0 Å². The van der Waals surface area contributed by atoms with Gasteiger partial charge in [0.15, 0.2) is 0 Å². The summed E-state index contributed by atoms with van der Waals surface area (Å²) in [6.45, 7) is 2.68. The summed E-state index contributed by atoms with van der Waals surface area (Å²) >= 11 is 0. The van der Waals surface area contributed by atoms with Gasteiger partial charge in [-0.25, -0.2) is 0 Å². The van der Waals surface area contributed by atoms with Crippen molar-refractivity contribution in [2.45, 2.75) is 44.8 Å². The SMILES string of the molecule is CC(Cn1cccn1)NC(=O)C1CCCC1N.Cl.Cl. The van der Waals surface area contributed by atoms with Crippen LogP contribution in [-0.4, -0.2) is 27.8 Å². The molecule has 0 aromatic carbocycles. The van der Waals surface area contributed by atoms with Crippen LogP contribution < -0.4 is 11.1 Å².